The minimum atomic E-state index is 0.997. The Morgan fingerprint density at radius 1 is 1.18 bits per heavy atom. The van der Waals surface area contributed by atoms with Gasteiger partial charge in [-0.05, 0) is 51.4 Å². The van der Waals surface area contributed by atoms with Gasteiger partial charge in [0.2, 0.25) is 0 Å². The Kier molecular flexibility index (Phi) is 10.7. The predicted octanol–water partition coefficient (Wildman–Crippen LogP) is 4.98. The molecule has 0 aliphatic rings. The summed E-state index contributed by atoms with van der Waals surface area (Å²) in [5.41, 5.74) is 1.22. The fourth-order valence-electron chi connectivity index (χ4n) is 1.74. The zero-order chi connectivity index (χ0) is 13.1. The Morgan fingerprint density at radius 3 is 2.35 bits per heavy atom. The van der Waals surface area contributed by atoms with E-state index in [4.69, 9.17) is 11.6 Å². The zero-order valence-corrected chi connectivity index (χ0v) is 12.7. The Bertz CT molecular complexity index is 239. The van der Waals surface area contributed by atoms with E-state index in [1.54, 1.807) is 0 Å². The Labute approximate surface area is 113 Å². The highest BCUT2D eigenvalue weighted by molar-refractivity contribution is 6.30. The van der Waals surface area contributed by atoms with Gasteiger partial charge in [0, 0.05) is 5.03 Å². The quantitative estimate of drug-likeness (QED) is 0.416. The van der Waals surface area contributed by atoms with Crippen molar-refractivity contribution in [2.75, 3.05) is 19.6 Å². The van der Waals surface area contributed by atoms with Gasteiger partial charge in [-0.15, -0.1) is 0 Å². The van der Waals surface area contributed by atoms with E-state index < -0.39 is 0 Å². The SMILES string of the molecule is CCC/C(Cl)=C(C)\C=C/CCCN(CC)CC. The largest absolute Gasteiger partial charge is 0.304 e. The Balaban J connectivity index is 3.84. The van der Waals surface area contributed by atoms with E-state index in [9.17, 15) is 0 Å². The molecule has 0 rings (SSSR count). The number of rotatable bonds is 9. The standard InChI is InChI=1S/C15H28ClN/c1-5-11-15(16)14(4)12-9-8-10-13-17(6-2)7-3/h9,12H,5-8,10-11,13H2,1-4H3/b12-9-,15-14+. The molecule has 0 aliphatic carbocycles. The maximum absolute atomic E-state index is 6.16. The molecule has 0 atom stereocenters. The maximum atomic E-state index is 6.16. The van der Waals surface area contributed by atoms with Crippen molar-refractivity contribution in [2.45, 2.75) is 53.4 Å². The van der Waals surface area contributed by atoms with Gasteiger partial charge in [-0.2, -0.15) is 0 Å². The van der Waals surface area contributed by atoms with Crippen LogP contribution in [0.4, 0.5) is 0 Å². The number of nitrogens with zero attached hydrogens (tertiary/aromatic N) is 1. The van der Waals surface area contributed by atoms with E-state index >= 15 is 0 Å². The van der Waals surface area contributed by atoms with Gasteiger partial charge in [0.1, 0.15) is 0 Å². The van der Waals surface area contributed by atoms with Crippen molar-refractivity contribution in [1.29, 1.82) is 0 Å². The maximum Gasteiger partial charge on any atom is 0.0209 e. The normalized spacial score (nSPS) is 13.5. The molecule has 0 aromatic heterocycles. The van der Waals surface area contributed by atoms with Crippen LogP contribution in [0.1, 0.15) is 53.4 Å². The average molecular weight is 258 g/mol. The van der Waals surface area contributed by atoms with Gasteiger partial charge >= 0.3 is 0 Å². The first-order valence-corrected chi connectivity index (χ1v) is 7.27. The van der Waals surface area contributed by atoms with Crippen LogP contribution in [0.25, 0.3) is 0 Å². The van der Waals surface area contributed by atoms with Crippen LogP contribution in [0, 0.1) is 0 Å². The third-order valence-corrected chi connectivity index (χ3v) is 3.49. The van der Waals surface area contributed by atoms with Crippen LogP contribution in [-0.2, 0) is 0 Å². The van der Waals surface area contributed by atoms with Crippen LogP contribution in [-0.4, -0.2) is 24.5 Å². The van der Waals surface area contributed by atoms with E-state index in [2.05, 4.69) is 44.7 Å². The van der Waals surface area contributed by atoms with Gasteiger partial charge in [0.25, 0.3) is 0 Å². The van der Waals surface area contributed by atoms with Crippen molar-refractivity contribution >= 4 is 11.6 Å². The van der Waals surface area contributed by atoms with Crippen LogP contribution >= 0.6 is 11.6 Å². The molecular weight excluding hydrogens is 230 g/mol. The van der Waals surface area contributed by atoms with Gasteiger partial charge < -0.3 is 4.90 Å². The third kappa shape index (κ3) is 8.45. The predicted molar refractivity (Wildman–Crippen MR) is 79.6 cm³/mol. The summed E-state index contributed by atoms with van der Waals surface area (Å²) >= 11 is 6.16. The van der Waals surface area contributed by atoms with E-state index in [1.807, 2.05) is 0 Å². The highest BCUT2D eigenvalue weighted by Crippen LogP contribution is 2.16. The number of halogens is 1. The van der Waals surface area contributed by atoms with Crippen LogP contribution in [0.5, 0.6) is 0 Å². The van der Waals surface area contributed by atoms with Crippen LogP contribution < -0.4 is 0 Å². The lowest BCUT2D eigenvalue weighted by Crippen LogP contribution is -2.23. The topological polar surface area (TPSA) is 3.24 Å². The molecule has 0 unspecified atom stereocenters. The molecule has 0 aromatic carbocycles. The summed E-state index contributed by atoms with van der Waals surface area (Å²) in [6.07, 6.45) is 8.90. The van der Waals surface area contributed by atoms with Crippen LogP contribution in [0.3, 0.4) is 0 Å². The summed E-state index contributed by atoms with van der Waals surface area (Å²) in [5.74, 6) is 0. The molecule has 0 N–H and O–H groups in total. The highest BCUT2D eigenvalue weighted by atomic mass is 35.5. The summed E-state index contributed by atoms with van der Waals surface area (Å²) in [4.78, 5) is 2.46. The van der Waals surface area contributed by atoms with Crippen molar-refractivity contribution in [3.05, 3.63) is 22.8 Å². The molecule has 0 aliphatic heterocycles. The Hall–Kier alpha value is -0.270. The lowest BCUT2D eigenvalue weighted by Gasteiger charge is -2.16. The average Bonchev–Trinajstić information content (AvgIpc) is 2.33. The molecule has 0 fully saturated rings. The zero-order valence-electron chi connectivity index (χ0n) is 11.9. The number of allylic oxidation sites excluding steroid dienone is 4. The van der Waals surface area contributed by atoms with E-state index in [1.165, 1.54) is 18.5 Å². The first kappa shape index (κ1) is 16.7. The molecule has 2 heteroatoms. The smallest absolute Gasteiger partial charge is 0.0209 e. The van der Waals surface area contributed by atoms with E-state index in [0.717, 1.165) is 37.4 Å². The van der Waals surface area contributed by atoms with Crippen molar-refractivity contribution in [3.8, 4) is 0 Å². The molecule has 17 heavy (non-hydrogen) atoms. The number of unbranched alkanes of at least 4 members (excludes halogenated alkanes) is 1. The molecule has 0 radical (unpaired) electrons. The molecule has 0 spiro atoms. The Morgan fingerprint density at radius 2 is 1.82 bits per heavy atom. The minimum Gasteiger partial charge on any atom is -0.304 e. The summed E-state index contributed by atoms with van der Waals surface area (Å²) in [5, 5.41) is 1.01. The molecule has 0 heterocycles. The molecule has 0 saturated heterocycles. The summed E-state index contributed by atoms with van der Waals surface area (Å²) < 4.78 is 0. The molecule has 100 valence electrons. The number of hydrogen-bond acceptors (Lipinski definition) is 1. The fraction of sp³-hybridized carbons (Fsp3) is 0.733. The highest BCUT2D eigenvalue weighted by Gasteiger charge is 1.97. The van der Waals surface area contributed by atoms with Gasteiger partial charge in [0.05, 0.1) is 0 Å². The van der Waals surface area contributed by atoms with Crippen molar-refractivity contribution in [3.63, 3.8) is 0 Å². The first-order valence-electron chi connectivity index (χ1n) is 6.89. The van der Waals surface area contributed by atoms with Crippen molar-refractivity contribution in [2.24, 2.45) is 0 Å². The van der Waals surface area contributed by atoms with Crippen LogP contribution in [0.2, 0.25) is 0 Å². The molecule has 0 amide bonds. The molecule has 0 saturated carbocycles. The molecule has 1 nitrogen and oxygen atoms in total. The monoisotopic (exact) mass is 257 g/mol. The molecule has 0 bridgehead atoms. The lowest BCUT2D eigenvalue weighted by atomic mass is 10.2. The van der Waals surface area contributed by atoms with Gasteiger partial charge in [-0.25, -0.2) is 0 Å². The third-order valence-electron chi connectivity index (χ3n) is 3.00. The first-order chi connectivity index (χ1) is 8.15. The lowest BCUT2D eigenvalue weighted by molar-refractivity contribution is 0.301. The fourth-order valence-corrected chi connectivity index (χ4v) is 1.99. The van der Waals surface area contributed by atoms with E-state index in [0.29, 0.717) is 0 Å². The minimum absolute atomic E-state index is 0.997. The second kappa shape index (κ2) is 10.9. The van der Waals surface area contributed by atoms with Gasteiger partial charge in [-0.1, -0.05) is 50.9 Å². The summed E-state index contributed by atoms with van der Waals surface area (Å²) in [6, 6.07) is 0. The second-order valence-electron chi connectivity index (χ2n) is 4.41. The van der Waals surface area contributed by atoms with Crippen LogP contribution in [0.15, 0.2) is 22.8 Å². The van der Waals surface area contributed by atoms with Crippen molar-refractivity contribution in [1.82, 2.24) is 4.90 Å². The molecule has 0 aromatic rings. The summed E-state index contributed by atoms with van der Waals surface area (Å²) in [7, 11) is 0. The van der Waals surface area contributed by atoms with Gasteiger partial charge in [0.15, 0.2) is 0 Å². The number of hydrogen-bond donors (Lipinski definition) is 0. The van der Waals surface area contributed by atoms with E-state index in [-0.39, 0.29) is 0 Å². The molecular formula is C15H28ClN. The second-order valence-corrected chi connectivity index (χ2v) is 4.87. The van der Waals surface area contributed by atoms with Gasteiger partial charge in [-0.3, -0.25) is 0 Å². The summed E-state index contributed by atoms with van der Waals surface area (Å²) in [6.45, 7) is 12.2. The van der Waals surface area contributed by atoms with Crippen molar-refractivity contribution < 1.29 is 0 Å².